The normalized spacial score (nSPS) is 12.6. The topological polar surface area (TPSA) is 37.3 Å². The highest BCUT2D eigenvalue weighted by Gasteiger charge is 2.17. The van der Waals surface area contributed by atoms with E-state index in [1.807, 2.05) is 19.9 Å². The van der Waals surface area contributed by atoms with Gasteiger partial charge in [0.25, 0.3) is 0 Å². The van der Waals surface area contributed by atoms with E-state index in [0.717, 1.165) is 5.57 Å². The largest absolute Gasteiger partial charge is 0.386 e. The van der Waals surface area contributed by atoms with Crippen molar-refractivity contribution in [3.8, 4) is 0 Å². The molecule has 0 spiro atoms. The van der Waals surface area contributed by atoms with E-state index in [-0.39, 0.29) is 0 Å². The fourth-order valence-corrected chi connectivity index (χ4v) is 0.644. The summed E-state index contributed by atoms with van der Waals surface area (Å²) in [5.41, 5.74) is 0.440. The van der Waals surface area contributed by atoms with Gasteiger partial charge in [-0.05, 0) is 27.7 Å². The zero-order chi connectivity index (χ0) is 9.78. The van der Waals surface area contributed by atoms with Crippen LogP contribution in [-0.4, -0.2) is 17.0 Å². The quantitative estimate of drug-likeness (QED) is 0.396. The van der Waals surface area contributed by atoms with E-state index >= 15 is 0 Å². The molecule has 0 aromatic carbocycles. The van der Waals surface area contributed by atoms with Crippen LogP contribution in [0.4, 0.5) is 0 Å². The van der Waals surface area contributed by atoms with Crippen molar-refractivity contribution >= 4 is 6.29 Å². The van der Waals surface area contributed by atoms with Crippen LogP contribution in [0.15, 0.2) is 23.3 Å². The second-order valence-corrected chi connectivity index (χ2v) is 3.54. The summed E-state index contributed by atoms with van der Waals surface area (Å²) in [6.45, 7) is 7.05. The highest BCUT2D eigenvalue weighted by atomic mass is 16.3. The number of hydrogen-bond donors (Lipinski definition) is 1. The second kappa shape index (κ2) is 4.21. The zero-order valence-electron chi connectivity index (χ0n) is 8.09. The van der Waals surface area contributed by atoms with E-state index in [1.165, 1.54) is 0 Å². The predicted molar refractivity (Wildman–Crippen MR) is 49.9 cm³/mol. The number of carbonyl (C=O) groups excluding carboxylic acids is 1. The van der Waals surface area contributed by atoms with Gasteiger partial charge in [0.05, 0.1) is 5.60 Å². The van der Waals surface area contributed by atoms with E-state index in [1.54, 1.807) is 19.9 Å². The third kappa shape index (κ3) is 4.09. The Hall–Kier alpha value is -0.890. The Kier molecular flexibility index (Phi) is 3.90. The summed E-state index contributed by atoms with van der Waals surface area (Å²) < 4.78 is 0. The van der Waals surface area contributed by atoms with Gasteiger partial charge in [-0.25, -0.2) is 0 Å². The smallest absolute Gasteiger partial charge is 0.148 e. The van der Waals surface area contributed by atoms with Gasteiger partial charge in [-0.2, -0.15) is 0 Å². The van der Waals surface area contributed by atoms with Gasteiger partial charge in [-0.1, -0.05) is 17.7 Å². The van der Waals surface area contributed by atoms with Crippen LogP contribution in [0, 0.1) is 0 Å². The fourth-order valence-electron chi connectivity index (χ4n) is 0.644. The van der Waals surface area contributed by atoms with Crippen LogP contribution in [0.2, 0.25) is 0 Å². The van der Waals surface area contributed by atoms with Crippen molar-refractivity contribution < 1.29 is 9.90 Å². The standard InChI is InChI=1S/C10H16O2/c1-8(2)5-6-9(7-11)10(3,4)12/h5-7,12H,1-4H3/b9-6-. The molecular weight excluding hydrogens is 152 g/mol. The molecule has 2 nitrogen and oxygen atoms in total. The molecule has 0 aromatic heterocycles. The minimum Gasteiger partial charge on any atom is -0.386 e. The minimum atomic E-state index is -1.05. The van der Waals surface area contributed by atoms with Crippen LogP contribution in [0.25, 0.3) is 0 Å². The molecule has 2 heteroatoms. The molecule has 0 bridgehead atoms. The fraction of sp³-hybridized carbons (Fsp3) is 0.500. The van der Waals surface area contributed by atoms with Crippen molar-refractivity contribution in [1.29, 1.82) is 0 Å². The van der Waals surface area contributed by atoms with Gasteiger partial charge in [0.1, 0.15) is 6.29 Å². The van der Waals surface area contributed by atoms with Crippen molar-refractivity contribution in [3.63, 3.8) is 0 Å². The molecule has 0 aliphatic heterocycles. The molecule has 0 fully saturated rings. The summed E-state index contributed by atoms with van der Waals surface area (Å²) in [5.74, 6) is 0. The highest BCUT2D eigenvalue weighted by Crippen LogP contribution is 2.13. The number of allylic oxidation sites excluding steroid dienone is 3. The highest BCUT2D eigenvalue weighted by molar-refractivity contribution is 5.76. The van der Waals surface area contributed by atoms with Crippen molar-refractivity contribution in [2.45, 2.75) is 33.3 Å². The van der Waals surface area contributed by atoms with E-state index in [9.17, 15) is 9.90 Å². The first-order valence-corrected chi connectivity index (χ1v) is 3.91. The van der Waals surface area contributed by atoms with Crippen LogP contribution in [0.3, 0.4) is 0 Å². The van der Waals surface area contributed by atoms with Crippen LogP contribution < -0.4 is 0 Å². The molecule has 0 radical (unpaired) electrons. The van der Waals surface area contributed by atoms with E-state index in [4.69, 9.17) is 0 Å². The number of carbonyl (C=O) groups is 1. The lowest BCUT2D eigenvalue weighted by Gasteiger charge is -2.16. The molecule has 1 N–H and O–H groups in total. The molecule has 0 heterocycles. The third-order valence-corrected chi connectivity index (χ3v) is 1.43. The Morgan fingerprint density at radius 3 is 2.00 bits per heavy atom. The van der Waals surface area contributed by atoms with Gasteiger partial charge in [0, 0.05) is 5.57 Å². The predicted octanol–water partition coefficient (Wildman–Crippen LogP) is 1.85. The zero-order valence-corrected chi connectivity index (χ0v) is 8.09. The molecule has 0 atom stereocenters. The Bertz CT molecular complexity index is 212. The molecular formula is C10H16O2. The molecule has 0 rings (SSSR count). The first kappa shape index (κ1) is 11.1. The number of rotatable bonds is 3. The summed E-state index contributed by atoms with van der Waals surface area (Å²) in [4.78, 5) is 10.5. The molecule has 12 heavy (non-hydrogen) atoms. The summed E-state index contributed by atoms with van der Waals surface area (Å²) in [6.07, 6.45) is 4.13. The minimum absolute atomic E-state index is 0.392. The Morgan fingerprint density at radius 1 is 1.25 bits per heavy atom. The van der Waals surface area contributed by atoms with Gasteiger partial charge < -0.3 is 5.11 Å². The summed E-state index contributed by atoms with van der Waals surface area (Å²) in [7, 11) is 0. The maximum absolute atomic E-state index is 10.5. The molecule has 0 saturated heterocycles. The van der Waals surface area contributed by atoms with Crippen LogP contribution in [0.1, 0.15) is 27.7 Å². The van der Waals surface area contributed by atoms with Crippen molar-refractivity contribution in [1.82, 2.24) is 0 Å². The number of hydrogen-bond acceptors (Lipinski definition) is 2. The lowest BCUT2D eigenvalue weighted by atomic mass is 9.99. The van der Waals surface area contributed by atoms with E-state index < -0.39 is 5.60 Å². The number of aliphatic hydroxyl groups is 1. The summed E-state index contributed by atoms with van der Waals surface area (Å²) in [5, 5.41) is 9.46. The van der Waals surface area contributed by atoms with Crippen LogP contribution >= 0.6 is 0 Å². The molecule has 0 saturated carbocycles. The van der Waals surface area contributed by atoms with Gasteiger partial charge in [-0.3, -0.25) is 4.79 Å². The van der Waals surface area contributed by atoms with Gasteiger partial charge in [-0.15, -0.1) is 0 Å². The lowest BCUT2D eigenvalue weighted by Crippen LogP contribution is -2.22. The van der Waals surface area contributed by atoms with Crippen LogP contribution in [0.5, 0.6) is 0 Å². The first-order chi connectivity index (χ1) is 5.38. The van der Waals surface area contributed by atoms with Crippen molar-refractivity contribution in [3.05, 3.63) is 23.3 Å². The Balaban J connectivity index is 4.68. The molecule has 68 valence electrons. The molecule has 0 aliphatic carbocycles. The molecule has 0 aromatic rings. The Morgan fingerprint density at radius 2 is 1.75 bits per heavy atom. The number of aldehydes is 1. The molecule has 0 unspecified atom stereocenters. The van der Waals surface area contributed by atoms with Crippen LogP contribution in [-0.2, 0) is 4.79 Å². The van der Waals surface area contributed by atoms with Crippen molar-refractivity contribution in [2.24, 2.45) is 0 Å². The monoisotopic (exact) mass is 168 g/mol. The summed E-state index contributed by atoms with van der Waals surface area (Å²) >= 11 is 0. The second-order valence-electron chi connectivity index (χ2n) is 3.54. The SMILES string of the molecule is CC(C)=C/C=C(/C=O)C(C)(C)O. The van der Waals surface area contributed by atoms with Gasteiger partial charge in [0.2, 0.25) is 0 Å². The van der Waals surface area contributed by atoms with Gasteiger partial charge in [0.15, 0.2) is 0 Å². The van der Waals surface area contributed by atoms with E-state index in [2.05, 4.69) is 0 Å². The maximum atomic E-state index is 10.5. The molecule has 0 amide bonds. The lowest BCUT2D eigenvalue weighted by molar-refractivity contribution is -0.106. The average Bonchev–Trinajstić information content (AvgIpc) is 1.85. The molecule has 0 aliphatic rings. The average molecular weight is 168 g/mol. The maximum Gasteiger partial charge on any atom is 0.148 e. The van der Waals surface area contributed by atoms with Gasteiger partial charge >= 0.3 is 0 Å². The first-order valence-electron chi connectivity index (χ1n) is 3.91. The van der Waals surface area contributed by atoms with E-state index in [0.29, 0.717) is 11.9 Å². The third-order valence-electron chi connectivity index (χ3n) is 1.43. The summed E-state index contributed by atoms with van der Waals surface area (Å²) in [6, 6.07) is 0. The Labute approximate surface area is 73.6 Å². The van der Waals surface area contributed by atoms with Crippen molar-refractivity contribution in [2.75, 3.05) is 0 Å².